The third-order valence-corrected chi connectivity index (χ3v) is 3.31. The van der Waals surface area contributed by atoms with Crippen LogP contribution in [0.5, 0.6) is 0 Å². The molecule has 0 aliphatic heterocycles. The summed E-state index contributed by atoms with van der Waals surface area (Å²) < 4.78 is 16.2. The molecule has 0 spiro atoms. The van der Waals surface area contributed by atoms with E-state index in [0.29, 0.717) is 65.7 Å². The van der Waals surface area contributed by atoms with E-state index in [2.05, 4.69) is 36.7 Å². The van der Waals surface area contributed by atoms with Crippen molar-refractivity contribution in [1.82, 2.24) is 16.0 Å². The number of carbonyl (C=O) groups excluding carboxylic acids is 2. The van der Waals surface area contributed by atoms with Gasteiger partial charge in [-0.05, 0) is 10.8 Å². The molecule has 0 heterocycles. The van der Waals surface area contributed by atoms with Crippen LogP contribution < -0.4 is 16.0 Å². The Kier molecular flexibility index (Phi) is 13.9. The highest BCUT2D eigenvalue weighted by atomic mass is 16.5. The van der Waals surface area contributed by atoms with E-state index < -0.39 is 0 Å². The van der Waals surface area contributed by atoms with Crippen LogP contribution in [0.15, 0.2) is 0 Å². The highest BCUT2D eigenvalue weighted by Crippen LogP contribution is 2.17. The van der Waals surface area contributed by atoms with E-state index in [1.807, 2.05) is 20.8 Å². The zero-order valence-electron chi connectivity index (χ0n) is 18.6. The van der Waals surface area contributed by atoms with Crippen LogP contribution in [-0.4, -0.2) is 71.2 Å². The molecule has 28 heavy (non-hydrogen) atoms. The van der Waals surface area contributed by atoms with Crippen LogP contribution in [-0.2, 0) is 19.0 Å². The Morgan fingerprint density at radius 1 is 0.643 bits per heavy atom. The predicted octanol–water partition coefficient (Wildman–Crippen LogP) is 1.93. The summed E-state index contributed by atoms with van der Waals surface area (Å²) in [6.07, 6.45) is 0.507. The van der Waals surface area contributed by atoms with Gasteiger partial charge in [0.2, 0.25) is 5.91 Å². The number of hydrogen-bond donors (Lipinski definition) is 3. The minimum atomic E-state index is -0.179. The predicted molar refractivity (Wildman–Crippen MR) is 110 cm³/mol. The average Bonchev–Trinajstić information content (AvgIpc) is 2.55. The van der Waals surface area contributed by atoms with Crippen molar-refractivity contribution in [2.45, 2.75) is 48.0 Å². The number of carbonyl (C=O) groups is 2. The van der Waals surface area contributed by atoms with E-state index >= 15 is 0 Å². The van der Waals surface area contributed by atoms with Crippen LogP contribution >= 0.6 is 0 Å². The molecule has 0 atom stereocenters. The molecule has 0 fully saturated rings. The number of rotatable bonds is 14. The molecule has 8 nitrogen and oxygen atoms in total. The van der Waals surface area contributed by atoms with Gasteiger partial charge in [-0.3, -0.25) is 4.79 Å². The number of ether oxygens (including phenoxy) is 3. The molecule has 0 radical (unpaired) electrons. The average molecular weight is 404 g/mol. The second-order valence-electron chi connectivity index (χ2n) is 9.09. The molecular weight excluding hydrogens is 362 g/mol. The van der Waals surface area contributed by atoms with Crippen LogP contribution in [0.1, 0.15) is 48.0 Å². The van der Waals surface area contributed by atoms with E-state index in [1.54, 1.807) is 0 Å². The Hall–Kier alpha value is -1.38. The summed E-state index contributed by atoms with van der Waals surface area (Å²) in [5.74, 6) is 0.0469. The van der Waals surface area contributed by atoms with Gasteiger partial charge in [-0.1, -0.05) is 41.5 Å². The molecule has 0 rings (SSSR count). The van der Waals surface area contributed by atoms with Crippen LogP contribution in [0.25, 0.3) is 0 Å². The number of nitrogens with one attached hydrogen (secondary N) is 3. The fourth-order valence-electron chi connectivity index (χ4n) is 1.99. The lowest BCUT2D eigenvalue weighted by atomic mass is 9.92. The van der Waals surface area contributed by atoms with E-state index in [-0.39, 0.29) is 22.8 Å². The highest BCUT2D eigenvalue weighted by Gasteiger charge is 2.15. The Balaban J connectivity index is 3.30. The van der Waals surface area contributed by atoms with Crippen molar-refractivity contribution in [2.75, 3.05) is 59.3 Å². The summed E-state index contributed by atoms with van der Waals surface area (Å²) in [5, 5.41) is 8.39. The molecule has 0 aliphatic rings. The Morgan fingerprint density at radius 3 is 1.57 bits per heavy atom. The van der Waals surface area contributed by atoms with Crippen molar-refractivity contribution >= 4 is 11.9 Å². The molecule has 0 aromatic carbocycles. The Morgan fingerprint density at radius 2 is 1.11 bits per heavy atom. The van der Waals surface area contributed by atoms with Crippen LogP contribution in [0.3, 0.4) is 0 Å². The Bertz CT molecular complexity index is 431. The summed E-state index contributed by atoms with van der Waals surface area (Å²) >= 11 is 0. The van der Waals surface area contributed by atoms with Crippen molar-refractivity contribution in [2.24, 2.45) is 10.8 Å². The molecule has 0 aromatic heterocycles. The maximum absolute atomic E-state index is 11.6. The first-order chi connectivity index (χ1) is 13.0. The minimum Gasteiger partial charge on any atom is -0.377 e. The first kappa shape index (κ1) is 26.6. The molecule has 0 unspecified atom stereocenters. The molecule has 0 aromatic rings. The zero-order chi connectivity index (χ0) is 21.5. The van der Waals surface area contributed by atoms with Gasteiger partial charge >= 0.3 is 6.03 Å². The van der Waals surface area contributed by atoms with Crippen molar-refractivity contribution < 1.29 is 23.8 Å². The summed E-state index contributed by atoms with van der Waals surface area (Å²) in [7, 11) is 0. The zero-order valence-corrected chi connectivity index (χ0v) is 18.6. The fourth-order valence-corrected chi connectivity index (χ4v) is 1.99. The largest absolute Gasteiger partial charge is 0.377 e. The van der Waals surface area contributed by atoms with E-state index in [0.717, 1.165) is 0 Å². The quantitative estimate of drug-likeness (QED) is 0.385. The lowest BCUT2D eigenvalue weighted by Gasteiger charge is -2.18. The molecule has 3 N–H and O–H groups in total. The van der Waals surface area contributed by atoms with Crippen LogP contribution in [0.4, 0.5) is 4.79 Å². The van der Waals surface area contributed by atoms with Gasteiger partial charge < -0.3 is 30.2 Å². The second-order valence-corrected chi connectivity index (χ2v) is 9.09. The summed E-state index contributed by atoms with van der Waals surface area (Å²) in [4.78, 5) is 23.1. The minimum absolute atomic E-state index is 0.00438. The van der Waals surface area contributed by atoms with Crippen molar-refractivity contribution in [3.63, 3.8) is 0 Å². The van der Waals surface area contributed by atoms with Gasteiger partial charge in [0.1, 0.15) is 0 Å². The smallest absolute Gasteiger partial charge is 0.314 e. The van der Waals surface area contributed by atoms with Crippen molar-refractivity contribution in [1.29, 1.82) is 0 Å². The third kappa shape index (κ3) is 20.9. The highest BCUT2D eigenvalue weighted by molar-refractivity contribution is 5.76. The Labute approximate surface area is 170 Å². The maximum atomic E-state index is 11.6. The summed E-state index contributed by atoms with van der Waals surface area (Å²) in [6, 6.07) is -0.179. The van der Waals surface area contributed by atoms with Gasteiger partial charge in [-0.2, -0.15) is 0 Å². The monoisotopic (exact) mass is 403 g/mol. The molecular formula is C20H41N3O5. The normalized spacial score (nSPS) is 11.9. The standard InChI is InChI=1S/C20H41N3O5/c1-19(2,3)15-17(24)21-7-9-26-11-13-28-14-12-27-10-8-22-18(25)23-16-20(4,5)6/h7-16H2,1-6H3,(H,21,24)(H2,22,23,25). The van der Waals surface area contributed by atoms with E-state index in [4.69, 9.17) is 14.2 Å². The van der Waals surface area contributed by atoms with Crippen molar-refractivity contribution in [3.05, 3.63) is 0 Å². The molecule has 0 bridgehead atoms. The van der Waals surface area contributed by atoms with Gasteiger partial charge in [0, 0.05) is 26.1 Å². The van der Waals surface area contributed by atoms with Gasteiger partial charge in [0.05, 0.1) is 39.6 Å². The van der Waals surface area contributed by atoms with Gasteiger partial charge in [0.25, 0.3) is 0 Å². The third-order valence-electron chi connectivity index (χ3n) is 3.31. The van der Waals surface area contributed by atoms with Crippen molar-refractivity contribution in [3.8, 4) is 0 Å². The van der Waals surface area contributed by atoms with Gasteiger partial charge in [-0.25, -0.2) is 4.79 Å². The van der Waals surface area contributed by atoms with E-state index in [9.17, 15) is 9.59 Å². The maximum Gasteiger partial charge on any atom is 0.314 e. The SMILES string of the molecule is CC(C)(C)CNC(=O)NCCOCCOCCOCCNC(=O)CC(C)(C)C. The molecule has 0 saturated carbocycles. The molecule has 0 aliphatic carbocycles. The first-order valence-corrected chi connectivity index (χ1v) is 10.0. The van der Waals surface area contributed by atoms with Crippen LogP contribution in [0.2, 0.25) is 0 Å². The van der Waals surface area contributed by atoms with Crippen LogP contribution in [0, 0.1) is 10.8 Å². The molecule has 3 amide bonds. The summed E-state index contributed by atoms with van der Waals surface area (Å²) in [5.41, 5.74) is 0.0602. The number of urea groups is 1. The number of amides is 3. The molecule has 8 heteroatoms. The first-order valence-electron chi connectivity index (χ1n) is 10.0. The lowest BCUT2D eigenvalue weighted by Crippen LogP contribution is -2.41. The molecule has 166 valence electrons. The topological polar surface area (TPSA) is 97.9 Å². The number of hydrogen-bond acceptors (Lipinski definition) is 5. The molecule has 0 saturated heterocycles. The van der Waals surface area contributed by atoms with Gasteiger partial charge in [-0.15, -0.1) is 0 Å². The lowest BCUT2D eigenvalue weighted by molar-refractivity contribution is -0.123. The second kappa shape index (κ2) is 14.6. The van der Waals surface area contributed by atoms with Gasteiger partial charge in [0.15, 0.2) is 0 Å². The summed E-state index contributed by atoms with van der Waals surface area (Å²) in [6.45, 7) is 16.7. The van der Waals surface area contributed by atoms with E-state index in [1.165, 1.54) is 0 Å². The fraction of sp³-hybridized carbons (Fsp3) is 0.900.